The van der Waals surface area contributed by atoms with Gasteiger partial charge in [0.05, 0.1) is 18.5 Å². The third-order valence-electron chi connectivity index (χ3n) is 6.22. The number of anilines is 3. The SMILES string of the molecule is COc1cc(Nc2nc3c(c(N(C)C)n2)CCC3c2ccc(OCF)cc2)ccc1-n1cnc(Cl)c1. The average Bonchev–Trinajstić information content (AvgIpc) is 3.50. The third kappa shape index (κ3) is 4.66. The molecule has 36 heavy (non-hydrogen) atoms. The van der Waals surface area contributed by atoms with Gasteiger partial charge in [-0.1, -0.05) is 23.7 Å². The number of imidazole rings is 1. The fraction of sp³-hybridized carbons (Fsp3) is 0.269. The molecule has 0 fully saturated rings. The molecule has 2 aromatic carbocycles. The van der Waals surface area contributed by atoms with E-state index in [1.165, 1.54) is 0 Å². The van der Waals surface area contributed by atoms with Crippen molar-refractivity contribution in [2.45, 2.75) is 18.8 Å². The van der Waals surface area contributed by atoms with E-state index in [-0.39, 0.29) is 5.92 Å². The van der Waals surface area contributed by atoms with Crippen LogP contribution < -0.4 is 19.7 Å². The highest BCUT2D eigenvalue weighted by Gasteiger charge is 2.30. The summed E-state index contributed by atoms with van der Waals surface area (Å²) in [4.78, 5) is 15.8. The number of hydrogen-bond acceptors (Lipinski definition) is 7. The van der Waals surface area contributed by atoms with E-state index in [0.717, 1.165) is 46.9 Å². The first-order valence-electron chi connectivity index (χ1n) is 11.5. The van der Waals surface area contributed by atoms with Crippen LogP contribution in [0.1, 0.15) is 29.2 Å². The van der Waals surface area contributed by atoms with Gasteiger partial charge >= 0.3 is 0 Å². The van der Waals surface area contributed by atoms with Gasteiger partial charge in [-0.05, 0) is 42.7 Å². The van der Waals surface area contributed by atoms with Gasteiger partial charge in [0.2, 0.25) is 12.8 Å². The summed E-state index contributed by atoms with van der Waals surface area (Å²) in [6.45, 7) is -0.845. The topological polar surface area (TPSA) is 77.3 Å². The van der Waals surface area contributed by atoms with Crippen LogP contribution >= 0.6 is 11.6 Å². The van der Waals surface area contributed by atoms with Crippen molar-refractivity contribution in [2.75, 3.05) is 38.3 Å². The average molecular weight is 509 g/mol. The Labute approximate surface area is 213 Å². The molecule has 10 heteroatoms. The summed E-state index contributed by atoms with van der Waals surface area (Å²) in [5.41, 5.74) is 4.84. The molecule has 0 aliphatic heterocycles. The summed E-state index contributed by atoms with van der Waals surface area (Å²) < 4.78 is 24.9. The van der Waals surface area contributed by atoms with E-state index in [2.05, 4.69) is 10.3 Å². The van der Waals surface area contributed by atoms with Gasteiger partial charge in [-0.25, -0.2) is 14.4 Å². The minimum Gasteiger partial charge on any atom is -0.494 e. The molecule has 0 spiro atoms. The number of ether oxygens (including phenoxy) is 2. The van der Waals surface area contributed by atoms with E-state index >= 15 is 0 Å². The quantitative estimate of drug-likeness (QED) is 0.336. The van der Waals surface area contributed by atoms with E-state index < -0.39 is 6.86 Å². The van der Waals surface area contributed by atoms with Crippen molar-refractivity contribution in [3.63, 3.8) is 0 Å². The number of fused-ring (bicyclic) bond motifs is 1. The van der Waals surface area contributed by atoms with E-state index in [4.69, 9.17) is 31.0 Å². The third-order valence-corrected chi connectivity index (χ3v) is 6.42. The van der Waals surface area contributed by atoms with Crippen LogP contribution in [0.4, 0.5) is 21.8 Å². The highest BCUT2D eigenvalue weighted by atomic mass is 35.5. The van der Waals surface area contributed by atoms with Crippen molar-refractivity contribution in [3.05, 3.63) is 77.0 Å². The molecule has 186 valence electrons. The van der Waals surface area contributed by atoms with Crippen molar-refractivity contribution < 1.29 is 13.9 Å². The maximum atomic E-state index is 12.5. The summed E-state index contributed by atoms with van der Waals surface area (Å²) in [7, 11) is 5.58. The van der Waals surface area contributed by atoms with Crippen LogP contribution in [0.25, 0.3) is 5.69 Å². The fourth-order valence-corrected chi connectivity index (χ4v) is 4.73. The van der Waals surface area contributed by atoms with Gasteiger partial charge in [-0.3, -0.25) is 0 Å². The summed E-state index contributed by atoms with van der Waals surface area (Å²) in [6.07, 6.45) is 5.16. The second-order valence-electron chi connectivity index (χ2n) is 8.66. The number of rotatable bonds is 8. The molecular weight excluding hydrogens is 483 g/mol. The van der Waals surface area contributed by atoms with E-state index in [1.54, 1.807) is 36.3 Å². The number of halogens is 2. The second-order valence-corrected chi connectivity index (χ2v) is 9.05. The van der Waals surface area contributed by atoms with Gasteiger partial charge in [0.1, 0.15) is 28.8 Å². The number of methoxy groups -OCH3 is 1. The van der Waals surface area contributed by atoms with Crippen LogP contribution in [0.2, 0.25) is 5.15 Å². The lowest BCUT2D eigenvalue weighted by molar-refractivity contribution is 0.191. The number of aromatic nitrogens is 4. The molecule has 4 aromatic rings. The van der Waals surface area contributed by atoms with Gasteiger partial charge in [0.15, 0.2) is 0 Å². The van der Waals surface area contributed by atoms with Gasteiger partial charge in [-0.15, -0.1) is 0 Å². The van der Waals surface area contributed by atoms with Crippen LogP contribution in [0.5, 0.6) is 11.5 Å². The van der Waals surface area contributed by atoms with E-state index in [9.17, 15) is 4.39 Å². The zero-order chi connectivity index (χ0) is 25.2. The van der Waals surface area contributed by atoms with Crippen LogP contribution in [0.3, 0.4) is 0 Å². The van der Waals surface area contributed by atoms with Crippen LogP contribution in [0.15, 0.2) is 55.0 Å². The molecule has 2 heterocycles. The Morgan fingerprint density at radius 2 is 1.97 bits per heavy atom. The van der Waals surface area contributed by atoms with Crippen LogP contribution in [-0.4, -0.2) is 47.6 Å². The van der Waals surface area contributed by atoms with Gasteiger partial charge in [0.25, 0.3) is 0 Å². The first kappa shape index (κ1) is 23.9. The zero-order valence-corrected chi connectivity index (χ0v) is 21.0. The van der Waals surface area contributed by atoms with Crippen molar-refractivity contribution in [3.8, 4) is 17.2 Å². The molecule has 1 N–H and O–H groups in total. The number of nitrogens with one attached hydrogen (secondary N) is 1. The van der Waals surface area contributed by atoms with E-state index in [0.29, 0.717) is 22.6 Å². The van der Waals surface area contributed by atoms with Crippen molar-refractivity contribution in [1.82, 2.24) is 19.5 Å². The van der Waals surface area contributed by atoms with Crippen molar-refractivity contribution in [1.29, 1.82) is 0 Å². The Balaban J connectivity index is 1.48. The molecule has 0 amide bonds. The first-order chi connectivity index (χ1) is 17.5. The Morgan fingerprint density at radius 3 is 2.64 bits per heavy atom. The molecule has 1 aliphatic carbocycles. The minimum absolute atomic E-state index is 0.115. The lowest BCUT2D eigenvalue weighted by Gasteiger charge is -2.19. The van der Waals surface area contributed by atoms with Crippen molar-refractivity contribution >= 4 is 29.1 Å². The summed E-state index contributed by atoms with van der Waals surface area (Å²) in [5.74, 6) is 2.66. The van der Waals surface area contributed by atoms with Crippen molar-refractivity contribution in [2.24, 2.45) is 0 Å². The summed E-state index contributed by atoms with van der Waals surface area (Å²) in [6, 6.07) is 13.3. The number of nitrogens with zero attached hydrogens (tertiary/aromatic N) is 5. The molecule has 1 unspecified atom stereocenters. The molecule has 2 aromatic heterocycles. The monoisotopic (exact) mass is 508 g/mol. The predicted octanol–water partition coefficient (Wildman–Crippen LogP) is 5.52. The Hall–Kier alpha value is -3.85. The Morgan fingerprint density at radius 1 is 1.17 bits per heavy atom. The van der Waals surface area contributed by atoms with Crippen LogP contribution in [-0.2, 0) is 6.42 Å². The molecule has 1 atom stereocenters. The lowest BCUT2D eigenvalue weighted by atomic mass is 9.96. The molecule has 0 radical (unpaired) electrons. The molecule has 5 rings (SSSR count). The maximum Gasteiger partial charge on any atom is 0.229 e. The maximum absolute atomic E-state index is 12.5. The van der Waals surface area contributed by atoms with Gasteiger partial charge in [0, 0.05) is 43.5 Å². The number of benzene rings is 2. The second kappa shape index (κ2) is 10.0. The molecule has 0 saturated heterocycles. The molecule has 1 aliphatic rings. The summed E-state index contributed by atoms with van der Waals surface area (Å²) in [5, 5.41) is 3.75. The normalized spacial score (nSPS) is 14.4. The Kier molecular flexibility index (Phi) is 6.65. The Bertz CT molecular complexity index is 1380. The van der Waals surface area contributed by atoms with E-state index in [1.807, 2.05) is 49.3 Å². The molecule has 8 nitrogen and oxygen atoms in total. The minimum atomic E-state index is -0.845. The molecule has 0 saturated carbocycles. The highest BCUT2D eigenvalue weighted by Crippen LogP contribution is 2.41. The van der Waals surface area contributed by atoms with Gasteiger partial charge in [-0.2, -0.15) is 4.98 Å². The first-order valence-corrected chi connectivity index (χ1v) is 11.9. The highest BCUT2D eigenvalue weighted by molar-refractivity contribution is 6.29. The molecule has 0 bridgehead atoms. The smallest absolute Gasteiger partial charge is 0.229 e. The number of alkyl halides is 1. The fourth-order valence-electron chi connectivity index (χ4n) is 4.58. The lowest BCUT2D eigenvalue weighted by Crippen LogP contribution is -2.16. The molecular formula is C26H26ClFN6O2. The van der Waals surface area contributed by atoms with Crippen LogP contribution in [0, 0.1) is 0 Å². The van der Waals surface area contributed by atoms with Gasteiger partial charge < -0.3 is 24.3 Å². The predicted molar refractivity (Wildman–Crippen MR) is 138 cm³/mol. The largest absolute Gasteiger partial charge is 0.494 e. The summed E-state index contributed by atoms with van der Waals surface area (Å²) >= 11 is 5.98. The number of hydrogen-bond donors (Lipinski definition) is 1. The zero-order valence-electron chi connectivity index (χ0n) is 20.2. The standard InChI is InChI=1S/C26H26ClFN6O2/c1-33(2)25-20-10-9-19(16-4-7-18(8-5-16)36-14-28)24(20)31-26(32-25)30-17-6-11-21(22(12-17)35-3)34-13-23(27)29-15-34/h4-8,11-13,15,19H,9-10,14H2,1-3H3,(H,30,31,32).